The zero-order valence-corrected chi connectivity index (χ0v) is 7.73. The first-order valence-electron chi connectivity index (χ1n) is 3.97. The maximum absolute atomic E-state index is 10.4. The van der Waals surface area contributed by atoms with E-state index in [0.29, 0.717) is 13.0 Å². The van der Waals surface area contributed by atoms with E-state index in [2.05, 4.69) is 5.32 Å². The smallest absolute Gasteiger partial charge is 0.480 e. The lowest BCUT2D eigenvalue weighted by Gasteiger charge is -2.18. The van der Waals surface area contributed by atoms with Gasteiger partial charge in [0.2, 0.25) is 0 Å². The molecule has 0 radical (unpaired) electrons. The molecule has 4 N–H and O–H groups in total. The van der Waals surface area contributed by atoms with Gasteiger partial charge < -0.3 is 20.6 Å². The predicted molar refractivity (Wildman–Crippen MR) is 48.5 cm³/mol. The summed E-state index contributed by atoms with van der Waals surface area (Å²) in [6.45, 7) is 2.64. The zero-order chi connectivity index (χ0) is 11.1. The van der Waals surface area contributed by atoms with E-state index in [-0.39, 0.29) is 6.04 Å². The van der Waals surface area contributed by atoms with Crippen LogP contribution in [0.3, 0.4) is 0 Å². The zero-order valence-electron chi connectivity index (χ0n) is 7.73. The minimum atomic E-state index is -1.83. The Hall–Kier alpha value is -1.56. The minimum Gasteiger partial charge on any atom is -0.480 e. The molecule has 1 heterocycles. The Morgan fingerprint density at radius 3 is 2.21 bits per heavy atom. The van der Waals surface area contributed by atoms with Crippen molar-refractivity contribution < 1.29 is 24.9 Å². The van der Waals surface area contributed by atoms with Crippen molar-refractivity contribution in [2.75, 3.05) is 6.54 Å². The highest BCUT2D eigenvalue weighted by Gasteiger charge is 2.18. The molecule has 0 bridgehead atoms. The highest BCUT2D eigenvalue weighted by molar-refractivity contribution is 5.74. The molecule has 0 unspecified atom stereocenters. The second kappa shape index (κ2) is 5.98. The van der Waals surface area contributed by atoms with Gasteiger partial charge in [-0.05, 0) is 13.3 Å². The van der Waals surface area contributed by atoms with Crippen LogP contribution >= 0.6 is 0 Å². The van der Waals surface area contributed by atoms with Gasteiger partial charge in [0.1, 0.15) is 6.04 Å². The summed E-state index contributed by atoms with van der Waals surface area (Å²) in [6.07, 6.45) is 0.814. The average Bonchev–Trinajstić information content (AvgIpc) is 2.03. The molecule has 0 amide bonds. The molecule has 1 aliphatic rings. The summed E-state index contributed by atoms with van der Waals surface area (Å²) in [5.41, 5.74) is 1.16. The molecular formula is C8H13NO5. The first-order chi connectivity index (χ1) is 6.43. The summed E-state index contributed by atoms with van der Waals surface area (Å²) in [4.78, 5) is 19.0. The third kappa shape index (κ3) is 6.01. The molecule has 0 saturated carbocycles. The Morgan fingerprint density at radius 1 is 1.43 bits per heavy atom. The van der Waals surface area contributed by atoms with E-state index in [9.17, 15) is 4.79 Å². The fourth-order valence-electron chi connectivity index (χ4n) is 1.03. The molecule has 1 aliphatic heterocycles. The second-order valence-corrected chi connectivity index (χ2v) is 2.84. The van der Waals surface area contributed by atoms with Crippen LogP contribution in [0.1, 0.15) is 13.3 Å². The number of rotatable bonds is 1. The molecule has 0 aromatic carbocycles. The van der Waals surface area contributed by atoms with E-state index in [4.69, 9.17) is 20.1 Å². The van der Waals surface area contributed by atoms with Crippen molar-refractivity contribution in [2.24, 2.45) is 0 Å². The molecule has 0 spiro atoms. The SMILES string of the molecule is CC1=CCN[C@@H](C(=O)O)C1.O=C(O)O. The van der Waals surface area contributed by atoms with Gasteiger partial charge in [-0.3, -0.25) is 4.79 Å². The van der Waals surface area contributed by atoms with E-state index in [0.717, 1.165) is 5.57 Å². The number of hydrogen-bond acceptors (Lipinski definition) is 3. The Labute approximate surface area is 80.9 Å². The molecule has 1 rings (SSSR count). The third-order valence-electron chi connectivity index (χ3n) is 1.64. The van der Waals surface area contributed by atoms with Gasteiger partial charge in [0.05, 0.1) is 0 Å². The van der Waals surface area contributed by atoms with Gasteiger partial charge in [0, 0.05) is 6.54 Å². The molecule has 1 atom stereocenters. The van der Waals surface area contributed by atoms with Crippen LogP contribution in [0.5, 0.6) is 0 Å². The Kier molecular flexibility index (Phi) is 5.31. The van der Waals surface area contributed by atoms with Crippen LogP contribution in [0.25, 0.3) is 0 Å². The van der Waals surface area contributed by atoms with Crippen molar-refractivity contribution in [3.63, 3.8) is 0 Å². The summed E-state index contributed by atoms with van der Waals surface area (Å²) in [5, 5.41) is 25.4. The number of hydrogen-bond donors (Lipinski definition) is 4. The first-order valence-corrected chi connectivity index (χ1v) is 3.97. The van der Waals surface area contributed by atoms with Gasteiger partial charge >= 0.3 is 12.1 Å². The van der Waals surface area contributed by atoms with Crippen LogP contribution < -0.4 is 5.32 Å². The average molecular weight is 203 g/mol. The summed E-state index contributed by atoms with van der Waals surface area (Å²) < 4.78 is 0. The quantitative estimate of drug-likeness (QED) is 0.465. The molecule has 6 nitrogen and oxygen atoms in total. The van der Waals surface area contributed by atoms with Crippen LogP contribution in [0.15, 0.2) is 11.6 Å². The van der Waals surface area contributed by atoms with E-state index < -0.39 is 12.1 Å². The summed E-state index contributed by atoms with van der Waals surface area (Å²) in [6, 6.07) is -0.370. The van der Waals surface area contributed by atoms with Gasteiger partial charge in [0.25, 0.3) is 0 Å². The van der Waals surface area contributed by atoms with Crippen molar-refractivity contribution in [2.45, 2.75) is 19.4 Å². The van der Waals surface area contributed by atoms with Gasteiger partial charge in [-0.1, -0.05) is 11.6 Å². The molecule has 80 valence electrons. The van der Waals surface area contributed by atoms with Crippen LogP contribution in [0, 0.1) is 0 Å². The van der Waals surface area contributed by atoms with Gasteiger partial charge in [-0.2, -0.15) is 0 Å². The lowest BCUT2D eigenvalue weighted by Crippen LogP contribution is -2.39. The van der Waals surface area contributed by atoms with Gasteiger partial charge in [0.15, 0.2) is 0 Å². The highest BCUT2D eigenvalue weighted by atomic mass is 16.6. The van der Waals surface area contributed by atoms with Crippen molar-refractivity contribution in [3.8, 4) is 0 Å². The van der Waals surface area contributed by atoms with Gasteiger partial charge in [-0.15, -0.1) is 0 Å². The molecule has 6 heteroatoms. The monoisotopic (exact) mass is 203 g/mol. The first kappa shape index (κ1) is 12.4. The Morgan fingerprint density at radius 2 is 1.93 bits per heavy atom. The van der Waals surface area contributed by atoms with Crippen LogP contribution in [-0.4, -0.2) is 40.0 Å². The highest BCUT2D eigenvalue weighted by Crippen LogP contribution is 2.08. The fourth-order valence-corrected chi connectivity index (χ4v) is 1.03. The third-order valence-corrected chi connectivity index (χ3v) is 1.64. The molecule has 14 heavy (non-hydrogen) atoms. The Balaban J connectivity index is 0.000000364. The lowest BCUT2D eigenvalue weighted by molar-refractivity contribution is -0.139. The van der Waals surface area contributed by atoms with Crippen molar-refractivity contribution in [3.05, 3.63) is 11.6 Å². The fraction of sp³-hybridized carbons (Fsp3) is 0.500. The van der Waals surface area contributed by atoms with Crippen molar-refractivity contribution in [1.29, 1.82) is 0 Å². The molecule has 0 saturated heterocycles. The molecule has 0 aliphatic carbocycles. The maximum Gasteiger partial charge on any atom is 0.503 e. The summed E-state index contributed by atoms with van der Waals surface area (Å²) in [5.74, 6) is -0.757. The van der Waals surface area contributed by atoms with E-state index in [1.54, 1.807) is 0 Å². The van der Waals surface area contributed by atoms with Crippen molar-refractivity contribution >= 4 is 12.1 Å². The van der Waals surface area contributed by atoms with Crippen molar-refractivity contribution in [1.82, 2.24) is 5.32 Å². The number of carboxylic acids is 1. The molecule has 0 fully saturated rings. The molecular weight excluding hydrogens is 190 g/mol. The van der Waals surface area contributed by atoms with Crippen LogP contribution in [0.4, 0.5) is 4.79 Å². The standard InChI is InChI=1S/C7H11NO2.CH2O3/c1-5-2-3-8-6(4-5)7(9)10;2-1(3)4/h2,6,8H,3-4H2,1H3,(H,9,10);(H2,2,3,4)/t6-;/m1./s1. The van der Waals surface area contributed by atoms with E-state index >= 15 is 0 Å². The largest absolute Gasteiger partial charge is 0.503 e. The van der Waals surface area contributed by atoms with E-state index in [1.807, 2.05) is 13.0 Å². The predicted octanol–water partition coefficient (Wildman–Crippen LogP) is 0.602. The molecule has 0 aromatic rings. The number of aliphatic carboxylic acids is 1. The number of carbonyl (C=O) groups is 2. The minimum absolute atomic E-state index is 0.370. The molecule has 0 aromatic heterocycles. The van der Waals surface area contributed by atoms with Crippen LogP contribution in [-0.2, 0) is 4.79 Å². The Bertz CT molecular complexity index is 244. The van der Waals surface area contributed by atoms with Gasteiger partial charge in [-0.25, -0.2) is 4.79 Å². The lowest BCUT2D eigenvalue weighted by atomic mass is 10.0. The number of nitrogens with one attached hydrogen (secondary N) is 1. The van der Waals surface area contributed by atoms with E-state index in [1.165, 1.54) is 0 Å². The van der Waals surface area contributed by atoms with Crippen LogP contribution in [0.2, 0.25) is 0 Å². The second-order valence-electron chi connectivity index (χ2n) is 2.84. The normalized spacial score (nSPS) is 20.1. The topological polar surface area (TPSA) is 107 Å². The number of carboxylic acid groups (broad SMARTS) is 3. The summed E-state index contributed by atoms with van der Waals surface area (Å²) in [7, 11) is 0. The summed E-state index contributed by atoms with van der Waals surface area (Å²) >= 11 is 0. The maximum atomic E-state index is 10.4.